The van der Waals surface area contributed by atoms with Crippen LogP contribution in [0.4, 0.5) is 0 Å². The molecule has 0 spiro atoms. The predicted octanol–water partition coefficient (Wildman–Crippen LogP) is 0.889. The fourth-order valence-electron chi connectivity index (χ4n) is 1.26. The van der Waals surface area contributed by atoms with Gasteiger partial charge in [-0.05, 0) is 31.2 Å². The van der Waals surface area contributed by atoms with Gasteiger partial charge in [-0.3, -0.25) is 4.79 Å². The molecule has 0 saturated carbocycles. The maximum absolute atomic E-state index is 11.6. The number of aromatic hydroxyl groups is 1. The molecule has 0 amide bonds. The zero-order chi connectivity index (χ0) is 12.8. The molecule has 2 N–H and O–H groups in total. The van der Waals surface area contributed by atoms with Gasteiger partial charge in [-0.25, -0.2) is 4.79 Å². The number of rotatable bonds is 5. The number of Topliss-reactive ketones (excluding diaryl/α,β-unsaturated/α-hetero) is 1. The van der Waals surface area contributed by atoms with E-state index in [1.807, 2.05) is 0 Å². The van der Waals surface area contributed by atoms with Gasteiger partial charge in [0.2, 0.25) is 0 Å². The molecule has 0 fully saturated rings. The molecule has 17 heavy (non-hydrogen) atoms. The molecule has 5 heteroatoms. The molecule has 1 aromatic carbocycles. The van der Waals surface area contributed by atoms with E-state index in [1.165, 1.54) is 24.3 Å². The van der Waals surface area contributed by atoms with Gasteiger partial charge in [-0.15, -0.1) is 0 Å². The third kappa shape index (κ3) is 3.88. The third-order valence-electron chi connectivity index (χ3n) is 2.13. The predicted molar refractivity (Wildman–Crippen MR) is 59.7 cm³/mol. The lowest BCUT2D eigenvalue weighted by Gasteiger charge is -2.08. The van der Waals surface area contributed by atoms with E-state index in [1.54, 1.807) is 6.92 Å². The van der Waals surface area contributed by atoms with Gasteiger partial charge < -0.3 is 14.9 Å². The second kappa shape index (κ2) is 6.00. The van der Waals surface area contributed by atoms with Crippen molar-refractivity contribution in [2.45, 2.75) is 19.4 Å². The van der Waals surface area contributed by atoms with Crippen molar-refractivity contribution in [1.82, 2.24) is 0 Å². The Hall–Kier alpha value is -1.88. The second-order valence-corrected chi connectivity index (χ2v) is 3.44. The van der Waals surface area contributed by atoms with E-state index in [-0.39, 0.29) is 24.6 Å². The summed E-state index contributed by atoms with van der Waals surface area (Å²) in [4.78, 5) is 22.7. The minimum absolute atomic E-state index is 0.0486. The van der Waals surface area contributed by atoms with E-state index in [0.717, 1.165) is 0 Å². The molecule has 0 bridgehead atoms. The van der Waals surface area contributed by atoms with Crippen LogP contribution in [0.1, 0.15) is 23.7 Å². The summed E-state index contributed by atoms with van der Waals surface area (Å²) in [6.07, 6.45) is -1.78. The number of carbonyl (C=O) groups is 2. The van der Waals surface area contributed by atoms with Gasteiger partial charge in [0.15, 0.2) is 11.9 Å². The molecule has 0 aliphatic heterocycles. The number of hydrogen-bond donors (Lipinski definition) is 2. The largest absolute Gasteiger partial charge is 0.508 e. The van der Waals surface area contributed by atoms with Gasteiger partial charge in [0.25, 0.3) is 0 Å². The van der Waals surface area contributed by atoms with Gasteiger partial charge in [0.1, 0.15) is 5.75 Å². The summed E-state index contributed by atoms with van der Waals surface area (Å²) in [5.74, 6) is -1.14. The normalized spacial score (nSPS) is 11.9. The number of phenols is 1. The molecular formula is C12H14O5. The van der Waals surface area contributed by atoms with Crippen LogP contribution in [0.5, 0.6) is 5.75 Å². The molecule has 0 aliphatic rings. The first-order chi connectivity index (χ1) is 8.04. The van der Waals surface area contributed by atoms with E-state index in [0.29, 0.717) is 5.56 Å². The number of aliphatic hydroxyl groups is 1. The van der Waals surface area contributed by atoms with Crippen molar-refractivity contribution in [3.8, 4) is 5.75 Å². The Bertz CT molecular complexity index is 396. The highest BCUT2D eigenvalue weighted by Gasteiger charge is 2.20. The van der Waals surface area contributed by atoms with E-state index in [4.69, 9.17) is 5.11 Å². The van der Waals surface area contributed by atoms with Crippen LogP contribution in [0.3, 0.4) is 0 Å². The molecule has 5 nitrogen and oxygen atoms in total. The molecule has 0 radical (unpaired) electrons. The smallest absolute Gasteiger partial charge is 0.335 e. The Labute approximate surface area is 98.6 Å². The fourth-order valence-corrected chi connectivity index (χ4v) is 1.26. The van der Waals surface area contributed by atoms with Crippen molar-refractivity contribution < 1.29 is 24.5 Å². The molecule has 1 aromatic rings. The van der Waals surface area contributed by atoms with Gasteiger partial charge in [0.05, 0.1) is 6.61 Å². The molecule has 0 saturated heterocycles. The Balaban J connectivity index is 2.60. The summed E-state index contributed by atoms with van der Waals surface area (Å²) in [6, 6.07) is 5.58. The number of esters is 1. The highest BCUT2D eigenvalue weighted by Crippen LogP contribution is 2.12. The Morgan fingerprint density at radius 1 is 1.29 bits per heavy atom. The van der Waals surface area contributed by atoms with Crippen LogP contribution >= 0.6 is 0 Å². The van der Waals surface area contributed by atoms with Gasteiger partial charge in [-0.2, -0.15) is 0 Å². The summed E-state index contributed by atoms with van der Waals surface area (Å²) in [5.41, 5.74) is 0.325. The van der Waals surface area contributed by atoms with Crippen molar-refractivity contribution in [2.24, 2.45) is 0 Å². The molecule has 0 aliphatic carbocycles. The minimum Gasteiger partial charge on any atom is -0.508 e. The van der Waals surface area contributed by atoms with Crippen LogP contribution < -0.4 is 0 Å². The fraction of sp³-hybridized carbons (Fsp3) is 0.333. The lowest BCUT2D eigenvalue weighted by atomic mass is 10.1. The summed E-state index contributed by atoms with van der Waals surface area (Å²) in [7, 11) is 0. The zero-order valence-corrected chi connectivity index (χ0v) is 9.42. The standard InChI is InChI=1S/C12H14O5/c1-2-17-12(16)11(15)7-10(14)8-3-5-9(13)6-4-8/h3-6,11,13,15H,2,7H2,1H3. The molecule has 0 aromatic heterocycles. The summed E-state index contributed by atoms with van der Waals surface area (Å²) >= 11 is 0. The Morgan fingerprint density at radius 2 is 1.88 bits per heavy atom. The quantitative estimate of drug-likeness (QED) is 0.588. The highest BCUT2D eigenvalue weighted by atomic mass is 16.5. The number of aliphatic hydroxyl groups excluding tert-OH is 1. The van der Waals surface area contributed by atoms with Crippen molar-refractivity contribution in [3.05, 3.63) is 29.8 Å². The molecular weight excluding hydrogens is 224 g/mol. The number of carbonyl (C=O) groups excluding carboxylic acids is 2. The van der Waals surface area contributed by atoms with Crippen molar-refractivity contribution in [3.63, 3.8) is 0 Å². The SMILES string of the molecule is CCOC(=O)C(O)CC(=O)c1ccc(O)cc1. The molecule has 92 valence electrons. The van der Waals surface area contributed by atoms with Crippen LogP contribution in [-0.4, -0.2) is 34.7 Å². The van der Waals surface area contributed by atoms with Crippen LogP contribution in [0.25, 0.3) is 0 Å². The molecule has 1 unspecified atom stereocenters. The summed E-state index contributed by atoms with van der Waals surface area (Å²) in [5, 5.41) is 18.4. The molecule has 0 heterocycles. The van der Waals surface area contributed by atoms with Crippen molar-refractivity contribution >= 4 is 11.8 Å². The molecule has 1 atom stereocenters. The zero-order valence-electron chi connectivity index (χ0n) is 9.42. The lowest BCUT2D eigenvalue weighted by molar-refractivity contribution is -0.152. The Kier molecular flexibility index (Phi) is 4.66. The van der Waals surface area contributed by atoms with E-state index < -0.39 is 12.1 Å². The van der Waals surface area contributed by atoms with Crippen LogP contribution in [0, 0.1) is 0 Å². The van der Waals surface area contributed by atoms with Crippen LogP contribution in [0.15, 0.2) is 24.3 Å². The highest BCUT2D eigenvalue weighted by molar-refractivity contribution is 5.98. The maximum atomic E-state index is 11.6. The van der Waals surface area contributed by atoms with Gasteiger partial charge in [0, 0.05) is 12.0 Å². The lowest BCUT2D eigenvalue weighted by Crippen LogP contribution is -2.26. The van der Waals surface area contributed by atoms with E-state index >= 15 is 0 Å². The number of hydrogen-bond acceptors (Lipinski definition) is 5. The van der Waals surface area contributed by atoms with E-state index in [2.05, 4.69) is 4.74 Å². The second-order valence-electron chi connectivity index (χ2n) is 3.44. The Morgan fingerprint density at radius 3 is 2.41 bits per heavy atom. The minimum atomic E-state index is -1.45. The first kappa shape index (κ1) is 13.2. The number of phenolic OH excluding ortho intramolecular Hbond substituents is 1. The number of benzene rings is 1. The van der Waals surface area contributed by atoms with Crippen LogP contribution in [-0.2, 0) is 9.53 Å². The third-order valence-corrected chi connectivity index (χ3v) is 2.13. The number of ketones is 1. The van der Waals surface area contributed by atoms with Gasteiger partial charge in [-0.1, -0.05) is 0 Å². The first-order valence-corrected chi connectivity index (χ1v) is 5.21. The number of ether oxygens (including phenoxy) is 1. The van der Waals surface area contributed by atoms with Crippen molar-refractivity contribution in [2.75, 3.05) is 6.61 Å². The maximum Gasteiger partial charge on any atom is 0.335 e. The van der Waals surface area contributed by atoms with E-state index in [9.17, 15) is 14.7 Å². The average molecular weight is 238 g/mol. The average Bonchev–Trinajstić information content (AvgIpc) is 2.30. The van der Waals surface area contributed by atoms with Crippen molar-refractivity contribution in [1.29, 1.82) is 0 Å². The topological polar surface area (TPSA) is 83.8 Å². The summed E-state index contributed by atoms with van der Waals surface area (Å²) < 4.78 is 4.58. The monoisotopic (exact) mass is 238 g/mol. The van der Waals surface area contributed by atoms with Crippen LogP contribution in [0.2, 0.25) is 0 Å². The van der Waals surface area contributed by atoms with Gasteiger partial charge >= 0.3 is 5.97 Å². The molecule has 1 rings (SSSR count). The summed E-state index contributed by atoms with van der Waals surface area (Å²) in [6.45, 7) is 1.77. The first-order valence-electron chi connectivity index (χ1n) is 5.21.